The van der Waals surface area contributed by atoms with Crippen molar-refractivity contribution < 1.29 is 23.8 Å². The summed E-state index contributed by atoms with van der Waals surface area (Å²) >= 11 is 0. The Hall–Kier alpha value is -2.69. The zero-order valence-electron chi connectivity index (χ0n) is 10.4. The summed E-state index contributed by atoms with van der Waals surface area (Å²) in [6.07, 6.45) is -0.0181. The highest BCUT2D eigenvalue weighted by Gasteiger charge is 2.18. The lowest BCUT2D eigenvalue weighted by Crippen LogP contribution is -1.99. The van der Waals surface area contributed by atoms with Crippen LogP contribution in [0.15, 0.2) is 34.7 Å². The second kappa shape index (κ2) is 3.90. The summed E-state index contributed by atoms with van der Waals surface area (Å²) in [6, 6.07) is 9.13. The van der Waals surface area contributed by atoms with Crippen LogP contribution in [0.4, 0.5) is 0 Å². The molecule has 1 aromatic heterocycles. The quantitative estimate of drug-likeness (QED) is 0.775. The highest BCUT2D eigenvalue weighted by atomic mass is 16.7. The van der Waals surface area contributed by atoms with Gasteiger partial charge in [-0.3, -0.25) is 4.79 Å². The van der Waals surface area contributed by atoms with Crippen LogP contribution in [0.1, 0.15) is 5.56 Å². The molecule has 2 aromatic carbocycles. The molecule has 0 fully saturated rings. The van der Waals surface area contributed by atoms with Crippen molar-refractivity contribution in [2.45, 2.75) is 6.42 Å². The minimum absolute atomic E-state index is 0.0181. The Kier molecular flexibility index (Phi) is 2.18. The molecule has 0 bridgehead atoms. The first-order valence-electron chi connectivity index (χ1n) is 6.17. The monoisotopic (exact) mass is 270 g/mol. The zero-order valence-corrected chi connectivity index (χ0v) is 10.4. The standard InChI is InChI=1S/C15H10O5/c16-15(17)4-8-1-2-9-10-5-13-14(19-7-18-13)6-12(10)20-11(9)3-8/h1-3,5-6H,4,7H2,(H,16,17). The molecular weight excluding hydrogens is 260 g/mol. The average Bonchev–Trinajstić information content (AvgIpc) is 2.97. The molecule has 0 saturated heterocycles. The van der Waals surface area contributed by atoms with Gasteiger partial charge in [-0.2, -0.15) is 0 Å². The van der Waals surface area contributed by atoms with Crippen LogP contribution in [0, 0.1) is 0 Å². The van der Waals surface area contributed by atoms with E-state index in [9.17, 15) is 4.79 Å². The van der Waals surface area contributed by atoms with Gasteiger partial charge in [-0.25, -0.2) is 0 Å². The number of carbonyl (C=O) groups is 1. The van der Waals surface area contributed by atoms with E-state index in [1.807, 2.05) is 12.1 Å². The van der Waals surface area contributed by atoms with Crippen molar-refractivity contribution in [3.05, 3.63) is 35.9 Å². The largest absolute Gasteiger partial charge is 0.481 e. The first-order chi connectivity index (χ1) is 9.70. The molecule has 2 heterocycles. The first kappa shape index (κ1) is 11.2. The molecule has 1 aliphatic heterocycles. The Bertz CT molecular complexity index is 846. The molecule has 0 radical (unpaired) electrons. The van der Waals surface area contributed by atoms with Crippen LogP contribution in [0.3, 0.4) is 0 Å². The molecule has 5 nitrogen and oxygen atoms in total. The van der Waals surface area contributed by atoms with E-state index in [2.05, 4.69) is 0 Å². The van der Waals surface area contributed by atoms with Crippen molar-refractivity contribution in [2.75, 3.05) is 6.79 Å². The van der Waals surface area contributed by atoms with E-state index in [-0.39, 0.29) is 13.2 Å². The highest BCUT2D eigenvalue weighted by molar-refractivity contribution is 6.06. The molecule has 1 aliphatic rings. The molecule has 3 aromatic rings. The lowest BCUT2D eigenvalue weighted by molar-refractivity contribution is -0.136. The summed E-state index contributed by atoms with van der Waals surface area (Å²) in [7, 11) is 0. The van der Waals surface area contributed by atoms with E-state index < -0.39 is 5.97 Å². The number of carboxylic acids is 1. The Morgan fingerprint density at radius 3 is 2.60 bits per heavy atom. The number of hydrogen-bond acceptors (Lipinski definition) is 4. The van der Waals surface area contributed by atoms with Crippen LogP contribution in [0.25, 0.3) is 21.9 Å². The number of furan rings is 1. The fraction of sp³-hybridized carbons (Fsp3) is 0.133. The minimum Gasteiger partial charge on any atom is -0.481 e. The molecule has 0 spiro atoms. The van der Waals surface area contributed by atoms with Crippen LogP contribution in [0.5, 0.6) is 11.5 Å². The third-order valence-corrected chi connectivity index (χ3v) is 3.39. The van der Waals surface area contributed by atoms with Crippen LogP contribution < -0.4 is 9.47 Å². The molecule has 5 heteroatoms. The first-order valence-corrected chi connectivity index (χ1v) is 6.17. The number of rotatable bonds is 2. The van der Waals surface area contributed by atoms with E-state index >= 15 is 0 Å². The van der Waals surface area contributed by atoms with Crippen molar-refractivity contribution >= 4 is 27.9 Å². The number of aliphatic carboxylic acids is 1. The summed E-state index contributed by atoms with van der Waals surface area (Å²) in [5.74, 6) is 0.512. The molecule has 0 amide bonds. The van der Waals surface area contributed by atoms with Gasteiger partial charge in [-0.1, -0.05) is 12.1 Å². The lowest BCUT2D eigenvalue weighted by Gasteiger charge is -1.96. The predicted octanol–water partition coefficient (Wildman–Crippen LogP) is 2.94. The molecule has 0 atom stereocenters. The van der Waals surface area contributed by atoms with Crippen molar-refractivity contribution in [1.29, 1.82) is 0 Å². The third kappa shape index (κ3) is 1.60. The van der Waals surface area contributed by atoms with Gasteiger partial charge in [0, 0.05) is 16.8 Å². The van der Waals surface area contributed by atoms with E-state index in [4.69, 9.17) is 19.0 Å². The second-order valence-corrected chi connectivity index (χ2v) is 4.70. The molecule has 0 aliphatic carbocycles. The Morgan fingerprint density at radius 1 is 1.05 bits per heavy atom. The average molecular weight is 270 g/mol. The SMILES string of the molecule is O=C(O)Cc1ccc2c(c1)oc1cc3c(cc12)OCO3. The Labute approximate surface area is 113 Å². The van der Waals surface area contributed by atoms with E-state index in [1.54, 1.807) is 18.2 Å². The van der Waals surface area contributed by atoms with Gasteiger partial charge >= 0.3 is 5.97 Å². The molecule has 4 rings (SSSR count). The normalized spacial score (nSPS) is 13.2. The summed E-state index contributed by atoms with van der Waals surface area (Å²) < 4.78 is 16.5. The van der Waals surface area contributed by atoms with E-state index in [0.717, 1.165) is 10.8 Å². The van der Waals surface area contributed by atoms with Crippen molar-refractivity contribution in [2.24, 2.45) is 0 Å². The summed E-state index contributed by atoms with van der Waals surface area (Å²) in [5, 5.41) is 10.7. The van der Waals surface area contributed by atoms with Crippen LogP contribution in [0.2, 0.25) is 0 Å². The van der Waals surface area contributed by atoms with Crippen molar-refractivity contribution in [1.82, 2.24) is 0 Å². The number of fused-ring (bicyclic) bond motifs is 4. The second-order valence-electron chi connectivity index (χ2n) is 4.70. The van der Waals surface area contributed by atoms with Gasteiger partial charge in [0.25, 0.3) is 0 Å². The Balaban J connectivity index is 1.93. The van der Waals surface area contributed by atoms with Crippen LogP contribution in [-0.4, -0.2) is 17.9 Å². The van der Waals surface area contributed by atoms with Gasteiger partial charge in [0.1, 0.15) is 11.2 Å². The van der Waals surface area contributed by atoms with Gasteiger partial charge < -0.3 is 19.0 Å². The smallest absolute Gasteiger partial charge is 0.307 e. The lowest BCUT2D eigenvalue weighted by atomic mass is 10.1. The summed E-state index contributed by atoms with van der Waals surface area (Å²) in [5.41, 5.74) is 2.09. The number of hydrogen-bond donors (Lipinski definition) is 1. The fourth-order valence-corrected chi connectivity index (χ4v) is 2.49. The number of carboxylic acid groups (broad SMARTS) is 1. The topological polar surface area (TPSA) is 68.9 Å². The van der Waals surface area contributed by atoms with Gasteiger partial charge in [0.05, 0.1) is 6.42 Å². The number of ether oxygens (including phenoxy) is 2. The summed E-state index contributed by atoms with van der Waals surface area (Å²) in [6.45, 7) is 0.225. The summed E-state index contributed by atoms with van der Waals surface area (Å²) in [4.78, 5) is 10.7. The van der Waals surface area contributed by atoms with E-state index in [1.165, 1.54) is 0 Å². The Morgan fingerprint density at radius 2 is 1.80 bits per heavy atom. The molecular formula is C15H10O5. The molecule has 1 N–H and O–H groups in total. The minimum atomic E-state index is -0.860. The van der Waals surface area contributed by atoms with Crippen LogP contribution in [-0.2, 0) is 11.2 Å². The third-order valence-electron chi connectivity index (χ3n) is 3.39. The maximum atomic E-state index is 10.7. The number of benzene rings is 2. The zero-order chi connectivity index (χ0) is 13.7. The van der Waals surface area contributed by atoms with Crippen molar-refractivity contribution in [3.8, 4) is 11.5 Å². The van der Waals surface area contributed by atoms with Crippen molar-refractivity contribution in [3.63, 3.8) is 0 Å². The van der Waals surface area contributed by atoms with Gasteiger partial charge in [0.15, 0.2) is 11.5 Å². The fourth-order valence-electron chi connectivity index (χ4n) is 2.49. The maximum Gasteiger partial charge on any atom is 0.307 e. The molecule has 0 saturated carbocycles. The maximum absolute atomic E-state index is 10.7. The van der Waals surface area contributed by atoms with E-state index in [0.29, 0.717) is 28.2 Å². The molecule has 20 heavy (non-hydrogen) atoms. The molecule has 0 unspecified atom stereocenters. The van der Waals surface area contributed by atoms with Gasteiger partial charge in [0.2, 0.25) is 6.79 Å². The van der Waals surface area contributed by atoms with Gasteiger partial charge in [-0.05, 0) is 17.7 Å². The van der Waals surface area contributed by atoms with Crippen LogP contribution >= 0.6 is 0 Å². The molecule has 100 valence electrons. The van der Waals surface area contributed by atoms with Gasteiger partial charge in [-0.15, -0.1) is 0 Å². The predicted molar refractivity (Wildman–Crippen MR) is 71.2 cm³/mol. The highest BCUT2D eigenvalue weighted by Crippen LogP contribution is 2.40.